The molecule has 158 valence electrons. The molecule has 0 atom stereocenters. The first-order valence-electron chi connectivity index (χ1n) is 9.20. The van der Waals surface area contributed by atoms with Crippen LogP contribution in [0.15, 0.2) is 58.1 Å². The molecule has 1 amide bonds. The van der Waals surface area contributed by atoms with Crippen LogP contribution in [0.2, 0.25) is 0 Å². The minimum absolute atomic E-state index is 0.0357. The Bertz CT molecular complexity index is 1310. The molecule has 0 unspecified atom stereocenters. The van der Waals surface area contributed by atoms with Gasteiger partial charge in [0.2, 0.25) is 15.9 Å². The lowest BCUT2D eigenvalue weighted by Crippen LogP contribution is -2.42. The van der Waals surface area contributed by atoms with Crippen LogP contribution in [-0.4, -0.2) is 43.5 Å². The Kier molecular flexibility index (Phi) is 6.06. The quantitative estimate of drug-likeness (QED) is 0.568. The number of benzene rings is 2. The van der Waals surface area contributed by atoms with Crippen molar-refractivity contribution in [1.29, 1.82) is 0 Å². The van der Waals surface area contributed by atoms with E-state index in [0.717, 1.165) is 20.8 Å². The third-order valence-corrected chi connectivity index (χ3v) is 5.66. The Labute approximate surface area is 173 Å². The van der Waals surface area contributed by atoms with Crippen LogP contribution in [0.1, 0.15) is 5.56 Å². The van der Waals surface area contributed by atoms with Crippen molar-refractivity contribution in [2.24, 2.45) is 0 Å². The Morgan fingerprint density at radius 2 is 1.80 bits per heavy atom. The number of nitrogens with zero attached hydrogens (tertiary/aromatic N) is 2. The molecule has 9 nitrogen and oxygen atoms in total. The van der Waals surface area contributed by atoms with E-state index in [2.05, 4.69) is 10.4 Å². The largest absolute Gasteiger partial charge is 0.353 e. The van der Waals surface area contributed by atoms with Gasteiger partial charge in [-0.3, -0.25) is 23.8 Å². The number of amides is 1. The Morgan fingerprint density at radius 1 is 1.10 bits per heavy atom. The number of sulfonamides is 1. The fraction of sp³-hybridized carbons (Fsp3) is 0.250. The number of rotatable bonds is 7. The summed E-state index contributed by atoms with van der Waals surface area (Å²) in [6.45, 7) is 1.50. The van der Waals surface area contributed by atoms with Crippen LogP contribution in [0.25, 0.3) is 10.8 Å². The van der Waals surface area contributed by atoms with E-state index in [1.54, 1.807) is 42.5 Å². The van der Waals surface area contributed by atoms with Gasteiger partial charge in [0.15, 0.2) is 0 Å². The van der Waals surface area contributed by atoms with Gasteiger partial charge in [0, 0.05) is 6.54 Å². The number of anilines is 1. The number of carbonyl (C=O) groups excluding carboxylic acids is 1. The summed E-state index contributed by atoms with van der Waals surface area (Å²) in [7, 11) is -3.67. The zero-order valence-electron chi connectivity index (χ0n) is 16.6. The molecule has 1 heterocycles. The number of hydrogen-bond acceptors (Lipinski definition) is 5. The van der Waals surface area contributed by atoms with Crippen molar-refractivity contribution < 1.29 is 13.2 Å². The molecular weight excluding hydrogens is 408 g/mol. The first-order chi connectivity index (χ1) is 14.2. The summed E-state index contributed by atoms with van der Waals surface area (Å²) in [6, 6.07) is 13.3. The first-order valence-corrected chi connectivity index (χ1v) is 11.0. The van der Waals surface area contributed by atoms with Crippen molar-refractivity contribution in [3.63, 3.8) is 0 Å². The van der Waals surface area contributed by atoms with Gasteiger partial charge < -0.3 is 5.32 Å². The lowest BCUT2D eigenvalue weighted by Gasteiger charge is -2.22. The maximum atomic E-state index is 12.5. The van der Waals surface area contributed by atoms with Crippen LogP contribution in [0, 0.1) is 6.92 Å². The van der Waals surface area contributed by atoms with Gasteiger partial charge in [-0.25, -0.2) is 13.1 Å². The molecule has 0 spiro atoms. The summed E-state index contributed by atoms with van der Waals surface area (Å²) >= 11 is 0. The number of hydrogen-bond donors (Lipinski definition) is 2. The normalized spacial score (nSPS) is 11.4. The van der Waals surface area contributed by atoms with Crippen LogP contribution in [0.3, 0.4) is 0 Å². The number of nitrogens with one attached hydrogen (secondary N) is 2. The van der Waals surface area contributed by atoms with E-state index in [0.29, 0.717) is 11.1 Å². The third-order valence-electron chi connectivity index (χ3n) is 4.52. The Hall–Kier alpha value is -3.40. The van der Waals surface area contributed by atoms with Crippen molar-refractivity contribution in [3.05, 3.63) is 74.8 Å². The second-order valence-corrected chi connectivity index (χ2v) is 8.81. The third kappa shape index (κ3) is 4.77. The lowest BCUT2D eigenvalue weighted by atomic mass is 10.2. The summed E-state index contributed by atoms with van der Waals surface area (Å²) in [5.41, 5.74) is 0.472. The Balaban J connectivity index is 1.70. The summed E-state index contributed by atoms with van der Waals surface area (Å²) in [5.74, 6) is -0.530. The molecule has 2 aromatic carbocycles. The average molecular weight is 430 g/mol. The van der Waals surface area contributed by atoms with Gasteiger partial charge in [-0.2, -0.15) is 0 Å². The fourth-order valence-electron chi connectivity index (χ4n) is 3.08. The average Bonchev–Trinajstić information content (AvgIpc) is 2.69. The fourth-order valence-corrected chi connectivity index (χ4v) is 3.93. The molecule has 0 aliphatic carbocycles. The van der Waals surface area contributed by atoms with Gasteiger partial charge in [-0.1, -0.05) is 24.3 Å². The SMILES string of the molecule is Cc1cccc(N(CC(=O)NCCn2[nH]c(=O)c3ccccc3c2=O)S(C)(=O)=O)c1. The van der Waals surface area contributed by atoms with Crippen molar-refractivity contribution in [2.75, 3.05) is 23.7 Å². The van der Waals surface area contributed by atoms with Gasteiger partial charge >= 0.3 is 0 Å². The number of aromatic amines is 1. The van der Waals surface area contributed by atoms with E-state index >= 15 is 0 Å². The van der Waals surface area contributed by atoms with E-state index in [9.17, 15) is 22.8 Å². The molecule has 0 radical (unpaired) electrons. The Morgan fingerprint density at radius 3 is 2.47 bits per heavy atom. The van der Waals surface area contributed by atoms with E-state index in [-0.39, 0.29) is 24.0 Å². The summed E-state index contributed by atoms with van der Waals surface area (Å²) in [4.78, 5) is 36.9. The molecule has 3 rings (SSSR count). The van der Waals surface area contributed by atoms with Crippen LogP contribution in [-0.2, 0) is 21.4 Å². The highest BCUT2D eigenvalue weighted by Gasteiger charge is 2.20. The molecule has 2 N–H and O–H groups in total. The molecule has 0 bridgehead atoms. The molecule has 0 saturated heterocycles. The molecule has 0 saturated carbocycles. The molecule has 0 aliphatic rings. The zero-order valence-corrected chi connectivity index (χ0v) is 17.4. The highest BCUT2D eigenvalue weighted by atomic mass is 32.2. The van der Waals surface area contributed by atoms with E-state index in [1.165, 1.54) is 0 Å². The predicted octanol–water partition coefficient (Wildman–Crippen LogP) is 0.581. The maximum Gasteiger partial charge on any atom is 0.273 e. The van der Waals surface area contributed by atoms with Crippen LogP contribution < -0.4 is 20.7 Å². The van der Waals surface area contributed by atoms with Gasteiger partial charge in [0.05, 0.1) is 29.3 Å². The highest BCUT2D eigenvalue weighted by Crippen LogP contribution is 2.18. The summed E-state index contributed by atoms with van der Waals surface area (Å²) in [6.07, 6.45) is 1.03. The zero-order chi connectivity index (χ0) is 21.9. The second-order valence-electron chi connectivity index (χ2n) is 6.90. The van der Waals surface area contributed by atoms with Crippen molar-refractivity contribution in [3.8, 4) is 0 Å². The molecule has 30 heavy (non-hydrogen) atoms. The van der Waals surface area contributed by atoms with Crippen molar-refractivity contribution >= 4 is 32.4 Å². The molecule has 1 aromatic heterocycles. The predicted molar refractivity (Wildman–Crippen MR) is 115 cm³/mol. The van der Waals surface area contributed by atoms with Gasteiger partial charge in [-0.15, -0.1) is 0 Å². The monoisotopic (exact) mass is 430 g/mol. The standard InChI is InChI=1S/C20H22N4O5S/c1-14-6-5-7-15(12-14)24(30(2,28)29)13-18(25)21-10-11-23-20(27)17-9-4-3-8-16(17)19(26)22-23/h3-9,12H,10-11,13H2,1-2H3,(H,21,25)(H,22,26). The molecule has 0 fully saturated rings. The smallest absolute Gasteiger partial charge is 0.273 e. The molecular formula is C20H22N4O5S. The summed E-state index contributed by atoms with van der Waals surface area (Å²) in [5, 5.41) is 5.65. The molecule has 10 heteroatoms. The van der Waals surface area contributed by atoms with Crippen molar-refractivity contribution in [2.45, 2.75) is 13.5 Å². The van der Waals surface area contributed by atoms with Crippen LogP contribution in [0.5, 0.6) is 0 Å². The first kappa shape index (κ1) is 21.3. The van der Waals surface area contributed by atoms with Gasteiger partial charge in [0.25, 0.3) is 11.1 Å². The van der Waals surface area contributed by atoms with Crippen LogP contribution >= 0.6 is 0 Å². The van der Waals surface area contributed by atoms with E-state index in [4.69, 9.17) is 0 Å². The van der Waals surface area contributed by atoms with Gasteiger partial charge in [-0.05, 0) is 36.8 Å². The number of aromatic nitrogens is 2. The number of carbonyl (C=O) groups is 1. The minimum Gasteiger partial charge on any atom is -0.353 e. The van der Waals surface area contributed by atoms with Gasteiger partial charge in [0.1, 0.15) is 6.54 Å². The molecule has 0 aliphatic heterocycles. The number of fused-ring (bicyclic) bond motifs is 1. The van der Waals surface area contributed by atoms with Crippen LogP contribution in [0.4, 0.5) is 5.69 Å². The summed E-state index contributed by atoms with van der Waals surface area (Å²) < 4.78 is 26.4. The highest BCUT2D eigenvalue weighted by molar-refractivity contribution is 7.92. The maximum absolute atomic E-state index is 12.5. The number of H-pyrrole nitrogens is 1. The van der Waals surface area contributed by atoms with E-state index in [1.807, 2.05) is 13.0 Å². The molecule has 3 aromatic rings. The second kappa shape index (κ2) is 8.54. The minimum atomic E-state index is -3.67. The van der Waals surface area contributed by atoms with Crippen molar-refractivity contribution in [1.82, 2.24) is 15.1 Å². The van der Waals surface area contributed by atoms with E-state index < -0.39 is 28.0 Å². The topological polar surface area (TPSA) is 121 Å². The lowest BCUT2D eigenvalue weighted by molar-refractivity contribution is -0.119. The number of aryl methyl sites for hydroxylation is 1.